The van der Waals surface area contributed by atoms with Gasteiger partial charge in [-0.05, 0) is 30.5 Å². The Hall–Kier alpha value is -1.18. The predicted molar refractivity (Wildman–Crippen MR) is 76.4 cm³/mol. The standard InChI is InChI=1S/C16H26O2/c1-3-4-5-6-7-8-9-10-14-11-15(17)13-16(12-14)18-2/h11-13,17H,3-10H2,1-2H3. The quantitative estimate of drug-likeness (QED) is 0.644. The lowest BCUT2D eigenvalue weighted by Crippen LogP contribution is -1.89. The van der Waals surface area contributed by atoms with Gasteiger partial charge < -0.3 is 9.84 Å². The van der Waals surface area contributed by atoms with Gasteiger partial charge in [0.1, 0.15) is 11.5 Å². The second-order valence-corrected chi connectivity index (χ2v) is 4.91. The predicted octanol–water partition coefficient (Wildman–Crippen LogP) is 4.69. The summed E-state index contributed by atoms with van der Waals surface area (Å²) >= 11 is 0. The van der Waals surface area contributed by atoms with Crippen LogP contribution in [0.2, 0.25) is 0 Å². The Morgan fingerprint density at radius 2 is 1.61 bits per heavy atom. The maximum atomic E-state index is 9.54. The molecule has 1 aromatic carbocycles. The smallest absolute Gasteiger partial charge is 0.122 e. The van der Waals surface area contributed by atoms with Crippen molar-refractivity contribution >= 4 is 0 Å². The number of unbranched alkanes of at least 4 members (excludes halogenated alkanes) is 6. The van der Waals surface area contributed by atoms with E-state index in [1.165, 1.54) is 50.5 Å². The molecule has 0 bridgehead atoms. The van der Waals surface area contributed by atoms with Crippen molar-refractivity contribution in [1.82, 2.24) is 0 Å². The molecule has 1 aromatic rings. The number of hydrogen-bond acceptors (Lipinski definition) is 2. The molecule has 2 heteroatoms. The van der Waals surface area contributed by atoms with Gasteiger partial charge >= 0.3 is 0 Å². The highest BCUT2D eigenvalue weighted by Crippen LogP contribution is 2.22. The van der Waals surface area contributed by atoms with Crippen LogP contribution in [-0.2, 0) is 6.42 Å². The number of methoxy groups -OCH3 is 1. The minimum atomic E-state index is 0.298. The second-order valence-electron chi connectivity index (χ2n) is 4.91. The minimum Gasteiger partial charge on any atom is -0.508 e. The van der Waals surface area contributed by atoms with E-state index in [4.69, 9.17) is 4.74 Å². The van der Waals surface area contributed by atoms with Gasteiger partial charge in [-0.2, -0.15) is 0 Å². The van der Waals surface area contributed by atoms with Crippen LogP contribution < -0.4 is 4.74 Å². The molecule has 1 rings (SSSR count). The largest absolute Gasteiger partial charge is 0.508 e. The molecule has 2 nitrogen and oxygen atoms in total. The minimum absolute atomic E-state index is 0.298. The highest BCUT2D eigenvalue weighted by molar-refractivity contribution is 5.37. The third-order valence-electron chi connectivity index (χ3n) is 3.26. The summed E-state index contributed by atoms with van der Waals surface area (Å²) < 4.78 is 5.15. The van der Waals surface area contributed by atoms with E-state index in [1.54, 1.807) is 13.2 Å². The molecular weight excluding hydrogens is 224 g/mol. The molecule has 0 aliphatic rings. The van der Waals surface area contributed by atoms with E-state index < -0.39 is 0 Å². The first-order chi connectivity index (χ1) is 8.76. The zero-order valence-corrected chi connectivity index (χ0v) is 11.7. The Labute approximate surface area is 111 Å². The first kappa shape index (κ1) is 14.9. The van der Waals surface area contributed by atoms with Crippen LogP contribution in [0.25, 0.3) is 0 Å². The zero-order chi connectivity index (χ0) is 13.2. The van der Waals surface area contributed by atoms with Gasteiger partial charge in [-0.25, -0.2) is 0 Å². The molecule has 0 fully saturated rings. The summed E-state index contributed by atoms with van der Waals surface area (Å²) in [4.78, 5) is 0. The van der Waals surface area contributed by atoms with Crippen LogP contribution in [-0.4, -0.2) is 12.2 Å². The normalized spacial score (nSPS) is 10.6. The lowest BCUT2D eigenvalue weighted by molar-refractivity contribution is 0.406. The van der Waals surface area contributed by atoms with E-state index in [-0.39, 0.29) is 0 Å². The first-order valence-electron chi connectivity index (χ1n) is 7.13. The van der Waals surface area contributed by atoms with Crippen molar-refractivity contribution in [2.24, 2.45) is 0 Å². The SMILES string of the molecule is CCCCCCCCCc1cc(O)cc(OC)c1. The monoisotopic (exact) mass is 250 g/mol. The summed E-state index contributed by atoms with van der Waals surface area (Å²) in [5.74, 6) is 1.04. The molecule has 102 valence electrons. The van der Waals surface area contributed by atoms with E-state index in [9.17, 15) is 5.11 Å². The van der Waals surface area contributed by atoms with Crippen LogP contribution in [0.15, 0.2) is 18.2 Å². The summed E-state index contributed by atoms with van der Waals surface area (Å²) in [6.45, 7) is 2.25. The molecule has 0 spiro atoms. The molecule has 0 unspecified atom stereocenters. The van der Waals surface area contributed by atoms with Crippen molar-refractivity contribution in [1.29, 1.82) is 0 Å². The average molecular weight is 250 g/mol. The van der Waals surface area contributed by atoms with Crippen molar-refractivity contribution in [2.75, 3.05) is 7.11 Å². The summed E-state index contributed by atoms with van der Waals surface area (Å²) in [6, 6.07) is 5.49. The Morgan fingerprint density at radius 3 is 2.28 bits per heavy atom. The fourth-order valence-corrected chi connectivity index (χ4v) is 2.19. The Bertz CT molecular complexity index is 334. The molecule has 0 amide bonds. The molecule has 18 heavy (non-hydrogen) atoms. The van der Waals surface area contributed by atoms with Crippen LogP contribution >= 0.6 is 0 Å². The van der Waals surface area contributed by atoms with Crippen molar-refractivity contribution in [3.8, 4) is 11.5 Å². The van der Waals surface area contributed by atoms with Gasteiger partial charge in [0, 0.05) is 6.07 Å². The van der Waals surface area contributed by atoms with Crippen LogP contribution in [0.5, 0.6) is 11.5 Å². The molecule has 0 radical (unpaired) electrons. The number of phenolic OH excluding ortho intramolecular Hbond substituents is 1. The molecule has 1 N–H and O–H groups in total. The van der Waals surface area contributed by atoms with Crippen LogP contribution in [0, 0.1) is 0 Å². The maximum Gasteiger partial charge on any atom is 0.122 e. The molecule has 0 atom stereocenters. The summed E-state index contributed by atoms with van der Waals surface area (Å²) in [7, 11) is 1.63. The van der Waals surface area contributed by atoms with E-state index in [0.717, 1.165) is 12.2 Å². The van der Waals surface area contributed by atoms with Gasteiger partial charge in [0.05, 0.1) is 7.11 Å². The number of benzene rings is 1. The number of rotatable bonds is 9. The highest BCUT2D eigenvalue weighted by atomic mass is 16.5. The molecule has 0 saturated heterocycles. The van der Waals surface area contributed by atoms with Crippen LogP contribution in [0.1, 0.15) is 57.4 Å². The summed E-state index contributed by atoms with van der Waals surface area (Å²) in [5.41, 5.74) is 1.17. The average Bonchev–Trinajstić information content (AvgIpc) is 2.37. The topological polar surface area (TPSA) is 29.5 Å². The van der Waals surface area contributed by atoms with Gasteiger partial charge in [0.25, 0.3) is 0 Å². The van der Waals surface area contributed by atoms with E-state index in [2.05, 4.69) is 6.92 Å². The Kier molecular flexibility index (Phi) is 7.31. The molecule has 0 aromatic heterocycles. The zero-order valence-electron chi connectivity index (χ0n) is 11.7. The number of hydrogen-bond donors (Lipinski definition) is 1. The maximum absolute atomic E-state index is 9.54. The fourth-order valence-electron chi connectivity index (χ4n) is 2.19. The lowest BCUT2D eigenvalue weighted by Gasteiger charge is -2.06. The van der Waals surface area contributed by atoms with Gasteiger partial charge in [-0.15, -0.1) is 0 Å². The van der Waals surface area contributed by atoms with Crippen LogP contribution in [0.4, 0.5) is 0 Å². The molecule has 0 heterocycles. The number of aromatic hydroxyl groups is 1. The van der Waals surface area contributed by atoms with Crippen molar-refractivity contribution in [3.63, 3.8) is 0 Å². The molecule has 0 aliphatic heterocycles. The van der Waals surface area contributed by atoms with E-state index >= 15 is 0 Å². The van der Waals surface area contributed by atoms with Gasteiger partial charge in [-0.3, -0.25) is 0 Å². The van der Waals surface area contributed by atoms with Crippen LogP contribution in [0.3, 0.4) is 0 Å². The summed E-state index contributed by atoms with van der Waals surface area (Å²) in [6.07, 6.45) is 10.2. The van der Waals surface area contributed by atoms with Crippen molar-refractivity contribution in [3.05, 3.63) is 23.8 Å². The number of ether oxygens (including phenoxy) is 1. The third-order valence-corrected chi connectivity index (χ3v) is 3.26. The lowest BCUT2D eigenvalue weighted by atomic mass is 10.0. The van der Waals surface area contributed by atoms with E-state index in [1.807, 2.05) is 12.1 Å². The molecular formula is C16H26O2. The molecule has 0 saturated carbocycles. The Balaban J connectivity index is 2.20. The fraction of sp³-hybridized carbons (Fsp3) is 0.625. The number of phenols is 1. The van der Waals surface area contributed by atoms with Crippen molar-refractivity contribution in [2.45, 2.75) is 58.3 Å². The molecule has 0 aliphatic carbocycles. The first-order valence-corrected chi connectivity index (χ1v) is 7.13. The van der Waals surface area contributed by atoms with Gasteiger partial charge in [-0.1, -0.05) is 45.4 Å². The van der Waals surface area contributed by atoms with Gasteiger partial charge in [0.2, 0.25) is 0 Å². The third kappa shape index (κ3) is 5.95. The highest BCUT2D eigenvalue weighted by Gasteiger charge is 2.00. The summed E-state index contributed by atoms with van der Waals surface area (Å²) in [5, 5.41) is 9.54. The van der Waals surface area contributed by atoms with Crippen molar-refractivity contribution < 1.29 is 9.84 Å². The van der Waals surface area contributed by atoms with Gasteiger partial charge in [0.15, 0.2) is 0 Å². The van der Waals surface area contributed by atoms with E-state index in [0.29, 0.717) is 5.75 Å². The number of aryl methyl sites for hydroxylation is 1. The Morgan fingerprint density at radius 1 is 0.944 bits per heavy atom. The second kappa shape index (κ2) is 8.84.